The van der Waals surface area contributed by atoms with Crippen molar-refractivity contribution >= 4 is 6.09 Å². The Morgan fingerprint density at radius 2 is 2.31 bits per heavy atom. The molecule has 5 nitrogen and oxygen atoms in total. The number of nitrogens with zero attached hydrogens (tertiary/aromatic N) is 1. The summed E-state index contributed by atoms with van der Waals surface area (Å²) in [7, 11) is 0. The van der Waals surface area contributed by atoms with Crippen molar-refractivity contribution in [1.82, 2.24) is 4.90 Å². The molecule has 2 N–H and O–H groups in total. The lowest BCUT2D eigenvalue weighted by molar-refractivity contribution is -0.0578. The summed E-state index contributed by atoms with van der Waals surface area (Å²) < 4.78 is 5.41. The second kappa shape index (κ2) is 4.07. The zero-order valence-corrected chi connectivity index (χ0v) is 9.93. The molecule has 0 radical (unpaired) electrons. The highest BCUT2D eigenvalue weighted by molar-refractivity contribution is 5.67. The van der Waals surface area contributed by atoms with E-state index in [4.69, 9.17) is 9.84 Å². The SMILES string of the molecule is C=CCC(C)(O)C1COC(C)(C)N1C(=O)O. The lowest BCUT2D eigenvalue weighted by Gasteiger charge is -2.37. The monoisotopic (exact) mass is 229 g/mol. The molecule has 5 heteroatoms. The van der Waals surface area contributed by atoms with Gasteiger partial charge in [-0.25, -0.2) is 4.79 Å². The van der Waals surface area contributed by atoms with Crippen LogP contribution >= 0.6 is 0 Å². The van der Waals surface area contributed by atoms with Gasteiger partial charge in [0.1, 0.15) is 5.72 Å². The molecule has 1 heterocycles. The van der Waals surface area contributed by atoms with Crippen LogP contribution in [-0.4, -0.2) is 45.2 Å². The average Bonchev–Trinajstić information content (AvgIpc) is 2.41. The van der Waals surface area contributed by atoms with Crippen molar-refractivity contribution in [1.29, 1.82) is 0 Å². The van der Waals surface area contributed by atoms with E-state index in [0.717, 1.165) is 4.90 Å². The summed E-state index contributed by atoms with van der Waals surface area (Å²) in [6, 6.07) is -0.571. The summed E-state index contributed by atoms with van der Waals surface area (Å²) in [5.41, 5.74) is -2.06. The molecule has 0 aromatic rings. The highest BCUT2D eigenvalue weighted by Gasteiger charge is 2.50. The quantitative estimate of drug-likeness (QED) is 0.718. The van der Waals surface area contributed by atoms with Gasteiger partial charge < -0.3 is 14.9 Å². The van der Waals surface area contributed by atoms with Gasteiger partial charge in [0.15, 0.2) is 0 Å². The molecule has 1 saturated heterocycles. The first-order chi connectivity index (χ1) is 7.22. The van der Waals surface area contributed by atoms with Gasteiger partial charge in [0.05, 0.1) is 18.2 Å². The summed E-state index contributed by atoms with van der Waals surface area (Å²) in [6.07, 6.45) is 0.809. The Labute approximate surface area is 95.3 Å². The number of carbonyl (C=O) groups is 1. The average molecular weight is 229 g/mol. The summed E-state index contributed by atoms with van der Waals surface area (Å²) >= 11 is 0. The van der Waals surface area contributed by atoms with Gasteiger partial charge in [0.2, 0.25) is 0 Å². The maximum atomic E-state index is 11.2. The maximum Gasteiger partial charge on any atom is 0.410 e. The Morgan fingerprint density at radius 1 is 1.75 bits per heavy atom. The second-order valence-corrected chi connectivity index (χ2v) is 4.78. The molecule has 2 atom stereocenters. The minimum absolute atomic E-state index is 0.195. The van der Waals surface area contributed by atoms with Crippen LogP contribution in [0.3, 0.4) is 0 Å². The number of hydrogen-bond acceptors (Lipinski definition) is 3. The molecule has 16 heavy (non-hydrogen) atoms. The minimum atomic E-state index is -1.16. The van der Waals surface area contributed by atoms with Crippen molar-refractivity contribution in [3.63, 3.8) is 0 Å². The Kier molecular flexibility index (Phi) is 3.30. The molecular weight excluding hydrogens is 210 g/mol. The molecule has 0 bridgehead atoms. The van der Waals surface area contributed by atoms with Gasteiger partial charge in [-0.15, -0.1) is 6.58 Å². The number of rotatable bonds is 3. The van der Waals surface area contributed by atoms with Crippen molar-refractivity contribution in [2.45, 2.75) is 44.6 Å². The zero-order valence-electron chi connectivity index (χ0n) is 9.93. The zero-order chi connectivity index (χ0) is 12.6. The van der Waals surface area contributed by atoms with Crippen molar-refractivity contribution in [2.75, 3.05) is 6.61 Å². The standard InChI is InChI=1S/C11H19NO4/c1-5-6-11(4,15)8-7-16-10(2,3)12(8)9(13)14/h5,8,15H,1,6-7H2,2-4H3,(H,13,14). The number of carboxylic acid groups (broad SMARTS) is 1. The van der Waals surface area contributed by atoms with E-state index in [-0.39, 0.29) is 6.61 Å². The van der Waals surface area contributed by atoms with Crippen LogP contribution in [0, 0.1) is 0 Å². The van der Waals surface area contributed by atoms with Crippen LogP contribution in [0.15, 0.2) is 12.7 Å². The van der Waals surface area contributed by atoms with E-state index in [0.29, 0.717) is 6.42 Å². The normalized spacial score (nSPS) is 27.5. The topological polar surface area (TPSA) is 70.0 Å². The summed E-state index contributed by atoms with van der Waals surface area (Å²) in [5, 5.41) is 19.4. The second-order valence-electron chi connectivity index (χ2n) is 4.78. The largest absolute Gasteiger partial charge is 0.465 e. The minimum Gasteiger partial charge on any atom is -0.465 e. The van der Waals surface area contributed by atoms with E-state index >= 15 is 0 Å². The van der Waals surface area contributed by atoms with Crippen LogP contribution < -0.4 is 0 Å². The van der Waals surface area contributed by atoms with Crippen LogP contribution in [-0.2, 0) is 4.74 Å². The first kappa shape index (κ1) is 13.0. The van der Waals surface area contributed by atoms with Gasteiger partial charge in [-0.1, -0.05) is 6.08 Å². The fourth-order valence-electron chi connectivity index (χ4n) is 2.05. The fourth-order valence-corrected chi connectivity index (χ4v) is 2.05. The Morgan fingerprint density at radius 3 is 2.75 bits per heavy atom. The van der Waals surface area contributed by atoms with Gasteiger partial charge in [0.25, 0.3) is 0 Å². The van der Waals surface area contributed by atoms with Gasteiger partial charge in [0, 0.05) is 0 Å². The van der Waals surface area contributed by atoms with Gasteiger partial charge >= 0.3 is 6.09 Å². The third-order valence-corrected chi connectivity index (χ3v) is 2.97. The molecule has 0 saturated carbocycles. The molecule has 0 aromatic carbocycles. The number of aliphatic hydroxyl groups is 1. The third kappa shape index (κ3) is 2.20. The van der Waals surface area contributed by atoms with Gasteiger partial charge in [-0.05, 0) is 27.2 Å². The molecule has 0 aliphatic carbocycles. The van der Waals surface area contributed by atoms with Crippen molar-refractivity contribution in [3.05, 3.63) is 12.7 Å². The first-order valence-corrected chi connectivity index (χ1v) is 5.22. The predicted molar refractivity (Wildman–Crippen MR) is 59.1 cm³/mol. The maximum absolute atomic E-state index is 11.2. The van der Waals surface area contributed by atoms with E-state index in [1.165, 1.54) is 0 Å². The highest BCUT2D eigenvalue weighted by Crippen LogP contribution is 2.34. The number of ether oxygens (including phenoxy) is 1. The van der Waals surface area contributed by atoms with Crippen molar-refractivity contribution in [2.24, 2.45) is 0 Å². The molecule has 0 aromatic heterocycles. The molecule has 2 unspecified atom stereocenters. The van der Waals surface area contributed by atoms with Crippen LogP contribution in [0.25, 0.3) is 0 Å². The van der Waals surface area contributed by atoms with E-state index in [2.05, 4.69) is 6.58 Å². The van der Waals surface area contributed by atoms with E-state index in [1.54, 1.807) is 26.8 Å². The molecule has 1 aliphatic rings. The lowest BCUT2D eigenvalue weighted by atomic mass is 9.92. The lowest BCUT2D eigenvalue weighted by Crippen LogP contribution is -2.55. The molecule has 1 fully saturated rings. The molecular formula is C11H19NO4. The molecule has 0 spiro atoms. The van der Waals surface area contributed by atoms with Crippen LogP contribution in [0.2, 0.25) is 0 Å². The summed E-state index contributed by atoms with van der Waals surface area (Å²) in [4.78, 5) is 12.4. The van der Waals surface area contributed by atoms with E-state index in [1.807, 2.05) is 0 Å². The van der Waals surface area contributed by atoms with Crippen LogP contribution in [0.5, 0.6) is 0 Å². The fraction of sp³-hybridized carbons (Fsp3) is 0.727. The summed E-state index contributed by atoms with van der Waals surface area (Å²) in [6.45, 7) is 8.69. The van der Waals surface area contributed by atoms with Crippen molar-refractivity contribution in [3.8, 4) is 0 Å². The predicted octanol–water partition coefficient (Wildman–Crippen LogP) is 1.43. The Bertz CT molecular complexity index is 298. The summed E-state index contributed by atoms with van der Waals surface area (Å²) in [5.74, 6) is 0. The number of amides is 1. The van der Waals surface area contributed by atoms with Crippen LogP contribution in [0.4, 0.5) is 4.79 Å². The molecule has 92 valence electrons. The Balaban J connectivity index is 2.97. The molecule has 1 rings (SSSR count). The van der Waals surface area contributed by atoms with Crippen molar-refractivity contribution < 1.29 is 19.7 Å². The number of hydrogen-bond donors (Lipinski definition) is 2. The third-order valence-electron chi connectivity index (χ3n) is 2.97. The first-order valence-electron chi connectivity index (χ1n) is 5.22. The van der Waals surface area contributed by atoms with Crippen LogP contribution in [0.1, 0.15) is 27.2 Å². The molecule has 1 amide bonds. The van der Waals surface area contributed by atoms with E-state index in [9.17, 15) is 9.90 Å². The Hall–Kier alpha value is -1.07. The smallest absolute Gasteiger partial charge is 0.410 e. The van der Waals surface area contributed by atoms with Gasteiger partial charge in [-0.3, -0.25) is 4.90 Å². The highest BCUT2D eigenvalue weighted by atomic mass is 16.5. The van der Waals surface area contributed by atoms with Gasteiger partial charge in [-0.2, -0.15) is 0 Å². The molecule has 1 aliphatic heterocycles. The van der Waals surface area contributed by atoms with E-state index < -0.39 is 23.5 Å².